The second-order valence-electron chi connectivity index (χ2n) is 6.21. The third-order valence-electron chi connectivity index (χ3n) is 4.44. The number of carbonyl (C=O) groups excluding carboxylic acids is 1. The number of thioether (sulfide) groups is 1. The number of benzene rings is 3. The predicted octanol–water partition coefficient (Wildman–Crippen LogP) is 4.88. The van der Waals surface area contributed by atoms with Gasteiger partial charge in [0.05, 0.1) is 25.5 Å². The molecule has 6 nitrogen and oxygen atoms in total. The van der Waals surface area contributed by atoms with Crippen LogP contribution < -0.4 is 9.47 Å². The van der Waals surface area contributed by atoms with E-state index in [0.717, 1.165) is 10.8 Å². The van der Waals surface area contributed by atoms with E-state index in [1.807, 2.05) is 42.5 Å². The number of ketones is 1. The van der Waals surface area contributed by atoms with Crippen LogP contribution in [-0.2, 0) is 0 Å². The van der Waals surface area contributed by atoms with Crippen LogP contribution in [0.3, 0.4) is 0 Å². The summed E-state index contributed by atoms with van der Waals surface area (Å²) in [6.07, 6.45) is 0. The number of carbonyl (C=O) groups is 1. The lowest BCUT2D eigenvalue weighted by Crippen LogP contribution is -2.02. The molecule has 0 N–H and O–H groups in total. The topological polar surface area (TPSA) is 74.5 Å². The molecule has 0 aliphatic heterocycles. The van der Waals surface area contributed by atoms with Crippen LogP contribution in [0.4, 0.5) is 0 Å². The molecule has 0 radical (unpaired) electrons. The summed E-state index contributed by atoms with van der Waals surface area (Å²) in [5, 5.41) is 10.6. The highest BCUT2D eigenvalue weighted by Crippen LogP contribution is 2.33. The number of rotatable bonds is 7. The molecule has 3 aromatic carbocycles. The van der Waals surface area contributed by atoms with E-state index in [1.165, 1.54) is 11.8 Å². The van der Waals surface area contributed by atoms with Crippen LogP contribution in [0.1, 0.15) is 10.4 Å². The summed E-state index contributed by atoms with van der Waals surface area (Å²) in [5.74, 6) is 1.77. The molecule has 0 atom stereocenters. The molecule has 7 heteroatoms. The number of aromatic nitrogens is 2. The molecule has 1 aromatic heterocycles. The number of hydrogen-bond acceptors (Lipinski definition) is 7. The van der Waals surface area contributed by atoms with Crippen molar-refractivity contribution in [2.24, 2.45) is 0 Å². The van der Waals surface area contributed by atoms with Crippen molar-refractivity contribution < 1.29 is 18.7 Å². The van der Waals surface area contributed by atoms with Gasteiger partial charge in [-0.2, -0.15) is 0 Å². The van der Waals surface area contributed by atoms with Gasteiger partial charge in [0.2, 0.25) is 0 Å². The van der Waals surface area contributed by atoms with E-state index in [9.17, 15) is 4.79 Å². The molecule has 29 heavy (non-hydrogen) atoms. The standard InChI is InChI=1S/C22H18N2O4S/c1-26-17-9-10-18(20(12-17)27-2)21-23-24-22(28-21)29-13-19(25)16-8-7-14-5-3-4-6-15(14)11-16/h3-12H,13H2,1-2H3. The number of hydrogen-bond donors (Lipinski definition) is 0. The average Bonchev–Trinajstić information content (AvgIpc) is 3.25. The minimum atomic E-state index is 0.00234. The molecule has 0 aliphatic rings. The minimum absolute atomic E-state index is 0.00234. The molecule has 0 aliphatic carbocycles. The SMILES string of the molecule is COc1ccc(-c2nnc(SCC(=O)c3ccc4ccccc4c3)o2)c(OC)c1. The summed E-state index contributed by atoms with van der Waals surface area (Å²) in [6, 6.07) is 19.0. The van der Waals surface area contributed by atoms with Crippen molar-refractivity contribution in [3.8, 4) is 23.0 Å². The Bertz CT molecular complexity index is 1170. The predicted molar refractivity (Wildman–Crippen MR) is 112 cm³/mol. The van der Waals surface area contributed by atoms with Crippen LogP contribution in [0.2, 0.25) is 0 Å². The Kier molecular flexibility index (Phi) is 5.48. The molecule has 146 valence electrons. The lowest BCUT2D eigenvalue weighted by atomic mass is 10.1. The van der Waals surface area contributed by atoms with Gasteiger partial charge in [-0.05, 0) is 29.0 Å². The van der Waals surface area contributed by atoms with E-state index < -0.39 is 0 Å². The molecule has 1 heterocycles. The van der Waals surface area contributed by atoms with Crippen molar-refractivity contribution in [2.45, 2.75) is 5.22 Å². The smallest absolute Gasteiger partial charge is 0.277 e. The van der Waals surface area contributed by atoms with E-state index >= 15 is 0 Å². The van der Waals surface area contributed by atoms with Crippen molar-refractivity contribution in [3.63, 3.8) is 0 Å². The highest BCUT2D eigenvalue weighted by Gasteiger charge is 2.16. The fraction of sp³-hybridized carbons (Fsp3) is 0.136. The quantitative estimate of drug-likeness (QED) is 0.320. The summed E-state index contributed by atoms with van der Waals surface area (Å²) in [5.41, 5.74) is 1.32. The van der Waals surface area contributed by atoms with Gasteiger partial charge < -0.3 is 13.9 Å². The monoisotopic (exact) mass is 406 g/mol. The van der Waals surface area contributed by atoms with Gasteiger partial charge >= 0.3 is 0 Å². The summed E-state index contributed by atoms with van der Waals surface area (Å²) >= 11 is 1.21. The van der Waals surface area contributed by atoms with Crippen LogP contribution in [0.5, 0.6) is 11.5 Å². The second-order valence-corrected chi connectivity index (χ2v) is 7.14. The molecule has 0 fully saturated rings. The first-order chi connectivity index (χ1) is 14.2. The Balaban J connectivity index is 1.47. The zero-order valence-corrected chi connectivity index (χ0v) is 16.7. The summed E-state index contributed by atoms with van der Waals surface area (Å²) in [7, 11) is 3.15. The molecule has 0 unspecified atom stereocenters. The number of methoxy groups -OCH3 is 2. The zero-order valence-electron chi connectivity index (χ0n) is 15.9. The van der Waals surface area contributed by atoms with Crippen LogP contribution in [-0.4, -0.2) is 36.0 Å². The summed E-state index contributed by atoms with van der Waals surface area (Å²) < 4.78 is 16.3. The zero-order chi connectivity index (χ0) is 20.2. The highest BCUT2D eigenvalue weighted by atomic mass is 32.2. The normalized spacial score (nSPS) is 10.8. The first-order valence-corrected chi connectivity index (χ1v) is 9.87. The van der Waals surface area contributed by atoms with Gasteiger partial charge in [-0.1, -0.05) is 48.2 Å². The van der Waals surface area contributed by atoms with E-state index in [1.54, 1.807) is 32.4 Å². The van der Waals surface area contributed by atoms with Gasteiger partial charge in [0.15, 0.2) is 5.78 Å². The van der Waals surface area contributed by atoms with Crippen LogP contribution in [0.15, 0.2) is 70.3 Å². The Morgan fingerprint density at radius 1 is 0.966 bits per heavy atom. The fourth-order valence-corrected chi connectivity index (χ4v) is 3.58. The van der Waals surface area contributed by atoms with Crippen molar-refractivity contribution in [2.75, 3.05) is 20.0 Å². The molecular weight excluding hydrogens is 388 g/mol. The molecule has 0 bridgehead atoms. The van der Waals surface area contributed by atoms with Gasteiger partial charge in [-0.15, -0.1) is 10.2 Å². The first-order valence-electron chi connectivity index (χ1n) is 8.88. The second kappa shape index (κ2) is 8.36. The largest absolute Gasteiger partial charge is 0.497 e. The van der Waals surface area contributed by atoms with Crippen molar-refractivity contribution in [1.82, 2.24) is 10.2 Å². The average molecular weight is 406 g/mol. The van der Waals surface area contributed by atoms with Crippen molar-refractivity contribution in [1.29, 1.82) is 0 Å². The molecule has 0 amide bonds. The van der Waals surface area contributed by atoms with Crippen LogP contribution in [0, 0.1) is 0 Å². The molecule has 0 saturated heterocycles. The molecule has 4 rings (SSSR count). The van der Waals surface area contributed by atoms with E-state index in [-0.39, 0.29) is 11.5 Å². The summed E-state index contributed by atoms with van der Waals surface area (Å²) in [6.45, 7) is 0. The van der Waals surface area contributed by atoms with Crippen LogP contribution in [0.25, 0.3) is 22.2 Å². The van der Waals surface area contributed by atoms with Gasteiger partial charge in [0, 0.05) is 11.6 Å². The third kappa shape index (κ3) is 4.09. The molecule has 0 spiro atoms. The number of ether oxygens (including phenoxy) is 2. The third-order valence-corrected chi connectivity index (χ3v) is 5.26. The number of Topliss-reactive ketones (excluding diaryl/α,β-unsaturated/α-hetero) is 1. The van der Waals surface area contributed by atoms with Gasteiger partial charge in [0.1, 0.15) is 11.5 Å². The highest BCUT2D eigenvalue weighted by molar-refractivity contribution is 7.99. The van der Waals surface area contributed by atoms with Gasteiger partial charge in [0.25, 0.3) is 11.1 Å². The Labute approximate surface area is 171 Å². The van der Waals surface area contributed by atoms with Crippen molar-refractivity contribution >= 4 is 28.3 Å². The van der Waals surface area contributed by atoms with Crippen LogP contribution >= 0.6 is 11.8 Å². The molecule has 4 aromatic rings. The molecule has 0 saturated carbocycles. The van der Waals surface area contributed by atoms with E-state index in [4.69, 9.17) is 13.9 Å². The number of fused-ring (bicyclic) bond motifs is 1. The maximum atomic E-state index is 12.6. The van der Waals surface area contributed by atoms with E-state index in [2.05, 4.69) is 10.2 Å². The molecular formula is C22H18N2O4S. The maximum Gasteiger partial charge on any atom is 0.277 e. The fourth-order valence-electron chi connectivity index (χ4n) is 2.93. The lowest BCUT2D eigenvalue weighted by Gasteiger charge is -2.07. The first kappa shape index (κ1) is 19.0. The van der Waals surface area contributed by atoms with E-state index in [0.29, 0.717) is 33.7 Å². The minimum Gasteiger partial charge on any atom is -0.497 e. The summed E-state index contributed by atoms with van der Waals surface area (Å²) in [4.78, 5) is 12.6. The Morgan fingerprint density at radius 3 is 2.59 bits per heavy atom. The van der Waals surface area contributed by atoms with Crippen molar-refractivity contribution in [3.05, 3.63) is 66.2 Å². The van der Waals surface area contributed by atoms with Gasteiger partial charge in [-0.3, -0.25) is 4.79 Å². The Hall–Kier alpha value is -3.32. The Morgan fingerprint density at radius 2 is 1.79 bits per heavy atom. The maximum absolute atomic E-state index is 12.6. The number of nitrogens with zero attached hydrogens (tertiary/aromatic N) is 2. The van der Waals surface area contributed by atoms with Gasteiger partial charge in [-0.25, -0.2) is 0 Å². The lowest BCUT2D eigenvalue weighted by molar-refractivity contribution is 0.102.